The molecule has 0 aromatic carbocycles. The molecule has 0 amide bonds. The first-order valence-corrected chi connectivity index (χ1v) is 6.19. The Bertz CT molecular complexity index is 390. The molecule has 0 spiro atoms. The molecule has 1 aromatic rings. The van der Waals surface area contributed by atoms with Crippen LogP contribution in [0.1, 0.15) is 31.5 Å². The minimum atomic E-state index is 0.377. The van der Waals surface area contributed by atoms with Crippen molar-refractivity contribution in [3.05, 3.63) is 17.5 Å². The Hall–Kier alpha value is -0.830. The van der Waals surface area contributed by atoms with Crippen LogP contribution in [0.15, 0.2) is 6.20 Å². The summed E-state index contributed by atoms with van der Waals surface area (Å²) >= 11 is 5.80. The van der Waals surface area contributed by atoms with Gasteiger partial charge in [0.15, 0.2) is 0 Å². The van der Waals surface area contributed by atoms with Gasteiger partial charge in [-0.05, 0) is 18.8 Å². The van der Waals surface area contributed by atoms with Crippen molar-refractivity contribution in [2.75, 3.05) is 18.0 Å². The maximum atomic E-state index is 5.80. The van der Waals surface area contributed by atoms with Crippen molar-refractivity contribution in [3.8, 4) is 0 Å². The van der Waals surface area contributed by atoms with E-state index in [1.54, 1.807) is 0 Å². The Morgan fingerprint density at radius 3 is 2.75 bits per heavy atom. The van der Waals surface area contributed by atoms with Crippen molar-refractivity contribution in [3.63, 3.8) is 0 Å². The quantitative estimate of drug-likeness (QED) is 0.744. The summed E-state index contributed by atoms with van der Waals surface area (Å²) in [5.74, 6) is 1.33. The zero-order chi connectivity index (χ0) is 11.8. The van der Waals surface area contributed by atoms with Crippen molar-refractivity contribution in [2.24, 2.45) is 5.41 Å². The Kier molecular flexibility index (Phi) is 3.06. The van der Waals surface area contributed by atoms with Crippen molar-refractivity contribution >= 4 is 17.5 Å². The second kappa shape index (κ2) is 4.21. The van der Waals surface area contributed by atoms with Crippen LogP contribution >= 0.6 is 11.6 Å². The first-order chi connectivity index (χ1) is 7.52. The van der Waals surface area contributed by atoms with E-state index >= 15 is 0 Å². The lowest BCUT2D eigenvalue weighted by atomic mass is 9.93. The summed E-state index contributed by atoms with van der Waals surface area (Å²) in [6.07, 6.45) is 3.04. The third-order valence-corrected chi connectivity index (χ3v) is 3.46. The molecule has 0 atom stereocenters. The molecule has 1 fully saturated rings. The Morgan fingerprint density at radius 1 is 1.50 bits per heavy atom. The van der Waals surface area contributed by atoms with E-state index in [9.17, 15) is 0 Å². The van der Waals surface area contributed by atoms with Gasteiger partial charge in [-0.15, -0.1) is 11.6 Å². The number of aryl methyl sites for hydroxylation is 1. The van der Waals surface area contributed by atoms with E-state index in [1.807, 2.05) is 13.1 Å². The summed E-state index contributed by atoms with van der Waals surface area (Å²) in [6, 6.07) is 0. The zero-order valence-corrected chi connectivity index (χ0v) is 10.9. The maximum absolute atomic E-state index is 5.80. The third kappa shape index (κ3) is 2.29. The normalized spacial score (nSPS) is 19.1. The van der Waals surface area contributed by atoms with Gasteiger partial charge in [0.25, 0.3) is 0 Å². The monoisotopic (exact) mass is 239 g/mol. The molecule has 0 radical (unpaired) electrons. The highest BCUT2D eigenvalue weighted by atomic mass is 35.5. The summed E-state index contributed by atoms with van der Waals surface area (Å²) in [7, 11) is 0. The number of hydrogen-bond donors (Lipinski definition) is 0. The van der Waals surface area contributed by atoms with Gasteiger partial charge in [-0.2, -0.15) is 0 Å². The second-order valence-electron chi connectivity index (χ2n) is 5.25. The van der Waals surface area contributed by atoms with E-state index in [0.717, 1.165) is 30.3 Å². The largest absolute Gasteiger partial charge is 0.340 e. The molecule has 1 aliphatic rings. The van der Waals surface area contributed by atoms with Crippen molar-refractivity contribution in [1.29, 1.82) is 0 Å². The van der Waals surface area contributed by atoms with E-state index < -0.39 is 0 Å². The highest BCUT2D eigenvalue weighted by Crippen LogP contribution is 2.30. The van der Waals surface area contributed by atoms with Gasteiger partial charge in [-0.3, -0.25) is 0 Å². The molecule has 1 aliphatic heterocycles. The fourth-order valence-corrected chi connectivity index (χ4v) is 2.31. The Labute approximate surface area is 102 Å². The number of alkyl halides is 1. The minimum absolute atomic E-state index is 0.377. The smallest absolute Gasteiger partial charge is 0.225 e. The maximum Gasteiger partial charge on any atom is 0.225 e. The van der Waals surface area contributed by atoms with Crippen LogP contribution < -0.4 is 4.90 Å². The van der Waals surface area contributed by atoms with Crippen molar-refractivity contribution in [1.82, 2.24) is 9.97 Å². The van der Waals surface area contributed by atoms with E-state index in [2.05, 4.69) is 28.7 Å². The fourth-order valence-electron chi connectivity index (χ4n) is 2.05. The van der Waals surface area contributed by atoms with Gasteiger partial charge in [-0.1, -0.05) is 13.8 Å². The molecule has 1 saturated heterocycles. The predicted molar refractivity (Wildman–Crippen MR) is 66.9 cm³/mol. The van der Waals surface area contributed by atoms with Crippen LogP contribution in [0, 0.1) is 12.3 Å². The summed E-state index contributed by atoms with van der Waals surface area (Å²) < 4.78 is 0. The summed E-state index contributed by atoms with van der Waals surface area (Å²) in [4.78, 5) is 11.2. The van der Waals surface area contributed by atoms with Gasteiger partial charge in [0.2, 0.25) is 5.95 Å². The third-order valence-electron chi connectivity index (χ3n) is 3.17. The number of nitrogens with zero attached hydrogens (tertiary/aromatic N) is 3. The summed E-state index contributed by atoms with van der Waals surface area (Å²) in [5.41, 5.74) is 2.39. The topological polar surface area (TPSA) is 29.0 Å². The lowest BCUT2D eigenvalue weighted by molar-refractivity contribution is 0.418. The molecule has 4 heteroatoms. The van der Waals surface area contributed by atoms with Gasteiger partial charge >= 0.3 is 0 Å². The number of halogens is 1. The molecule has 0 bridgehead atoms. The molecule has 88 valence electrons. The highest BCUT2D eigenvalue weighted by molar-refractivity contribution is 6.17. The second-order valence-corrected chi connectivity index (χ2v) is 5.52. The minimum Gasteiger partial charge on any atom is -0.340 e. The molecule has 0 N–H and O–H groups in total. The van der Waals surface area contributed by atoms with Gasteiger partial charge in [0, 0.05) is 30.5 Å². The molecule has 1 aromatic heterocycles. The highest BCUT2D eigenvalue weighted by Gasteiger charge is 2.30. The number of anilines is 1. The average Bonchev–Trinajstić information content (AvgIpc) is 2.59. The van der Waals surface area contributed by atoms with Crippen LogP contribution in [0.3, 0.4) is 0 Å². The van der Waals surface area contributed by atoms with E-state index in [0.29, 0.717) is 11.3 Å². The van der Waals surface area contributed by atoms with Crippen LogP contribution in [0.2, 0.25) is 0 Å². The molecule has 0 aliphatic carbocycles. The van der Waals surface area contributed by atoms with Crippen molar-refractivity contribution in [2.45, 2.75) is 33.1 Å². The van der Waals surface area contributed by atoms with E-state index in [4.69, 9.17) is 11.6 Å². The van der Waals surface area contributed by atoms with Gasteiger partial charge < -0.3 is 4.90 Å². The molecule has 0 unspecified atom stereocenters. The summed E-state index contributed by atoms with van der Waals surface area (Å²) in [6.45, 7) is 8.64. The number of hydrogen-bond acceptors (Lipinski definition) is 3. The lowest BCUT2D eigenvalue weighted by Crippen LogP contribution is -2.24. The molecule has 0 saturated carbocycles. The molecular weight excluding hydrogens is 222 g/mol. The van der Waals surface area contributed by atoms with Crippen LogP contribution in [-0.4, -0.2) is 23.1 Å². The standard InChI is InChI=1S/C12H18ClN3/c1-9-10(6-13)7-14-11(15-9)16-5-4-12(2,3)8-16/h7H,4-6,8H2,1-3H3. The SMILES string of the molecule is Cc1nc(N2CCC(C)(C)C2)ncc1CCl. The van der Waals surface area contributed by atoms with Crippen LogP contribution in [0.5, 0.6) is 0 Å². The van der Waals surface area contributed by atoms with Gasteiger partial charge in [-0.25, -0.2) is 9.97 Å². The summed E-state index contributed by atoms with van der Waals surface area (Å²) in [5, 5.41) is 0. The number of aromatic nitrogens is 2. The predicted octanol–water partition coefficient (Wildman–Crippen LogP) is 2.76. The molecule has 3 nitrogen and oxygen atoms in total. The molecule has 16 heavy (non-hydrogen) atoms. The molecular formula is C12H18ClN3. The fraction of sp³-hybridized carbons (Fsp3) is 0.667. The van der Waals surface area contributed by atoms with Crippen molar-refractivity contribution < 1.29 is 0 Å². The number of rotatable bonds is 2. The first-order valence-electron chi connectivity index (χ1n) is 5.65. The van der Waals surface area contributed by atoms with E-state index in [-0.39, 0.29) is 0 Å². The Morgan fingerprint density at radius 2 is 2.25 bits per heavy atom. The zero-order valence-electron chi connectivity index (χ0n) is 10.1. The lowest BCUT2D eigenvalue weighted by Gasteiger charge is -2.20. The molecule has 2 heterocycles. The van der Waals surface area contributed by atoms with Crippen LogP contribution in [0.25, 0.3) is 0 Å². The Balaban J connectivity index is 2.20. The van der Waals surface area contributed by atoms with E-state index in [1.165, 1.54) is 6.42 Å². The average molecular weight is 240 g/mol. The first kappa shape index (κ1) is 11.6. The van der Waals surface area contributed by atoms with Gasteiger partial charge in [0.05, 0.1) is 5.88 Å². The van der Waals surface area contributed by atoms with Crippen LogP contribution in [-0.2, 0) is 5.88 Å². The van der Waals surface area contributed by atoms with Crippen LogP contribution in [0.4, 0.5) is 5.95 Å². The molecule has 2 rings (SSSR count). The van der Waals surface area contributed by atoms with Gasteiger partial charge in [0.1, 0.15) is 0 Å².